The van der Waals surface area contributed by atoms with E-state index in [0.29, 0.717) is 5.82 Å². The highest BCUT2D eigenvalue weighted by atomic mass is 32.1. The summed E-state index contributed by atoms with van der Waals surface area (Å²) in [6.07, 6.45) is 5.17. The van der Waals surface area contributed by atoms with Crippen molar-refractivity contribution in [3.8, 4) is 11.5 Å². The third kappa shape index (κ3) is 2.02. The minimum absolute atomic E-state index is 0.0138. The molecule has 1 aliphatic rings. The predicted octanol–water partition coefficient (Wildman–Crippen LogP) is 2.16. The van der Waals surface area contributed by atoms with Gasteiger partial charge in [0, 0.05) is 10.9 Å². The Balaban J connectivity index is 2.12. The van der Waals surface area contributed by atoms with Crippen LogP contribution in [0.15, 0.2) is 15.7 Å². The van der Waals surface area contributed by atoms with Gasteiger partial charge >= 0.3 is 0 Å². The number of aromatic nitrogens is 3. The first kappa shape index (κ1) is 10.7. The Morgan fingerprint density at radius 2 is 2.12 bits per heavy atom. The Morgan fingerprint density at radius 3 is 2.94 bits per heavy atom. The van der Waals surface area contributed by atoms with Gasteiger partial charge in [-0.05, 0) is 25.7 Å². The van der Waals surface area contributed by atoms with Gasteiger partial charge in [0.15, 0.2) is 5.82 Å². The van der Waals surface area contributed by atoms with Gasteiger partial charge in [0.2, 0.25) is 0 Å². The number of nitrogens with one attached hydrogen (secondary N) is 1. The number of thiazole rings is 1. The van der Waals surface area contributed by atoms with Crippen molar-refractivity contribution < 1.29 is 0 Å². The van der Waals surface area contributed by atoms with E-state index in [1.807, 2.05) is 5.38 Å². The molecule has 5 heteroatoms. The van der Waals surface area contributed by atoms with E-state index in [2.05, 4.69) is 15.0 Å². The lowest BCUT2D eigenvalue weighted by molar-refractivity contribution is 0.708. The van der Waals surface area contributed by atoms with E-state index in [-0.39, 0.29) is 5.56 Å². The summed E-state index contributed by atoms with van der Waals surface area (Å²) in [5.74, 6) is 0.608. The zero-order valence-electron chi connectivity index (χ0n) is 9.40. The number of hydrogen-bond donors (Lipinski definition) is 1. The van der Waals surface area contributed by atoms with Gasteiger partial charge in [-0.15, -0.1) is 11.3 Å². The molecular formula is C12H13N3OS. The van der Waals surface area contributed by atoms with Crippen molar-refractivity contribution in [2.75, 3.05) is 0 Å². The minimum Gasteiger partial charge on any atom is -0.305 e. The van der Waals surface area contributed by atoms with Crippen LogP contribution in [0.3, 0.4) is 0 Å². The summed E-state index contributed by atoms with van der Waals surface area (Å²) in [4.78, 5) is 23.6. The molecule has 2 aromatic rings. The predicted molar refractivity (Wildman–Crippen MR) is 67.2 cm³/mol. The second kappa shape index (κ2) is 4.41. The van der Waals surface area contributed by atoms with Crippen LogP contribution in [0.25, 0.3) is 11.5 Å². The number of H-pyrrole nitrogens is 1. The average molecular weight is 247 g/mol. The van der Waals surface area contributed by atoms with Crippen LogP contribution < -0.4 is 5.56 Å². The molecule has 0 bridgehead atoms. The monoisotopic (exact) mass is 247 g/mol. The second-order valence-electron chi connectivity index (χ2n) is 4.27. The molecular weight excluding hydrogens is 234 g/mol. The zero-order chi connectivity index (χ0) is 11.7. The molecule has 0 atom stereocenters. The molecule has 17 heavy (non-hydrogen) atoms. The summed E-state index contributed by atoms with van der Waals surface area (Å²) in [6.45, 7) is 0. The standard InChI is InChI=1S/C12H13N3OS/c16-12-8-4-2-1-3-5-9(8)14-11(15-12)10-6-17-7-13-10/h6-7H,1-5H2,(H,14,15,16). The summed E-state index contributed by atoms with van der Waals surface area (Å²) in [6, 6.07) is 0. The lowest BCUT2D eigenvalue weighted by Crippen LogP contribution is -2.18. The van der Waals surface area contributed by atoms with Crippen LogP contribution in [-0.4, -0.2) is 15.0 Å². The summed E-state index contributed by atoms with van der Waals surface area (Å²) in [7, 11) is 0. The molecule has 88 valence electrons. The highest BCUT2D eigenvalue weighted by Gasteiger charge is 2.15. The fourth-order valence-electron chi connectivity index (χ4n) is 2.23. The quantitative estimate of drug-likeness (QED) is 0.786. The van der Waals surface area contributed by atoms with Gasteiger partial charge < -0.3 is 4.98 Å². The van der Waals surface area contributed by atoms with Crippen LogP contribution in [-0.2, 0) is 12.8 Å². The summed E-state index contributed by atoms with van der Waals surface area (Å²) < 4.78 is 0. The van der Waals surface area contributed by atoms with E-state index in [0.717, 1.165) is 42.6 Å². The number of rotatable bonds is 1. The van der Waals surface area contributed by atoms with Crippen molar-refractivity contribution in [2.24, 2.45) is 0 Å². The SMILES string of the molecule is O=c1[nH]c(-c2cscn2)nc2c1CCCCC2. The van der Waals surface area contributed by atoms with E-state index in [4.69, 9.17) is 0 Å². The number of aromatic amines is 1. The third-order valence-electron chi connectivity index (χ3n) is 3.12. The molecule has 4 nitrogen and oxygen atoms in total. The first-order chi connectivity index (χ1) is 8.34. The molecule has 3 rings (SSSR count). The summed E-state index contributed by atoms with van der Waals surface area (Å²) in [5.41, 5.74) is 4.37. The van der Waals surface area contributed by atoms with Crippen LogP contribution in [0.4, 0.5) is 0 Å². The molecule has 0 unspecified atom stereocenters. The average Bonchev–Trinajstić information content (AvgIpc) is 2.75. The van der Waals surface area contributed by atoms with Gasteiger partial charge in [0.25, 0.3) is 5.56 Å². The molecule has 1 aliphatic carbocycles. The zero-order valence-corrected chi connectivity index (χ0v) is 10.2. The van der Waals surface area contributed by atoms with E-state index in [1.165, 1.54) is 17.8 Å². The fraction of sp³-hybridized carbons (Fsp3) is 0.417. The Bertz CT molecular complexity index is 574. The van der Waals surface area contributed by atoms with Gasteiger partial charge in [0.1, 0.15) is 5.69 Å². The van der Waals surface area contributed by atoms with Crippen LogP contribution in [0, 0.1) is 0 Å². The number of aryl methyl sites for hydroxylation is 1. The first-order valence-electron chi connectivity index (χ1n) is 5.85. The third-order valence-corrected chi connectivity index (χ3v) is 3.70. The van der Waals surface area contributed by atoms with Crippen LogP contribution in [0.5, 0.6) is 0 Å². The maximum atomic E-state index is 12.0. The molecule has 0 amide bonds. The first-order valence-corrected chi connectivity index (χ1v) is 6.79. The molecule has 1 N–H and O–H groups in total. The van der Waals surface area contributed by atoms with Gasteiger partial charge in [-0.3, -0.25) is 4.79 Å². The number of nitrogens with zero attached hydrogens (tertiary/aromatic N) is 2. The van der Waals surface area contributed by atoms with Crippen LogP contribution in [0.2, 0.25) is 0 Å². The Kier molecular flexibility index (Phi) is 2.76. The fourth-order valence-corrected chi connectivity index (χ4v) is 2.77. The van der Waals surface area contributed by atoms with Crippen LogP contribution >= 0.6 is 11.3 Å². The van der Waals surface area contributed by atoms with E-state index in [1.54, 1.807) is 5.51 Å². The smallest absolute Gasteiger partial charge is 0.254 e. The Hall–Kier alpha value is -1.49. The van der Waals surface area contributed by atoms with Crippen molar-refractivity contribution in [3.05, 3.63) is 32.5 Å². The van der Waals surface area contributed by atoms with Gasteiger partial charge in [0.05, 0.1) is 11.2 Å². The molecule has 0 saturated heterocycles. The highest BCUT2D eigenvalue weighted by molar-refractivity contribution is 7.07. The van der Waals surface area contributed by atoms with Crippen LogP contribution in [0.1, 0.15) is 30.5 Å². The van der Waals surface area contributed by atoms with E-state index >= 15 is 0 Å². The maximum absolute atomic E-state index is 12.0. The van der Waals surface area contributed by atoms with E-state index in [9.17, 15) is 4.79 Å². The lowest BCUT2D eigenvalue weighted by atomic mass is 10.1. The van der Waals surface area contributed by atoms with Gasteiger partial charge in [-0.2, -0.15) is 0 Å². The summed E-state index contributed by atoms with van der Waals surface area (Å²) in [5, 5.41) is 1.90. The maximum Gasteiger partial charge on any atom is 0.254 e. The van der Waals surface area contributed by atoms with Gasteiger partial charge in [-0.1, -0.05) is 6.42 Å². The van der Waals surface area contributed by atoms with E-state index < -0.39 is 0 Å². The highest BCUT2D eigenvalue weighted by Crippen LogP contribution is 2.19. The van der Waals surface area contributed by atoms with Crippen molar-refractivity contribution in [2.45, 2.75) is 32.1 Å². The van der Waals surface area contributed by atoms with Crippen molar-refractivity contribution in [3.63, 3.8) is 0 Å². The summed E-state index contributed by atoms with van der Waals surface area (Å²) >= 11 is 1.51. The second-order valence-corrected chi connectivity index (χ2v) is 4.99. The number of hydrogen-bond acceptors (Lipinski definition) is 4. The minimum atomic E-state index is 0.0138. The lowest BCUT2D eigenvalue weighted by Gasteiger charge is -2.05. The molecule has 0 fully saturated rings. The molecule has 0 aliphatic heterocycles. The Morgan fingerprint density at radius 1 is 1.24 bits per heavy atom. The normalized spacial score (nSPS) is 15.3. The molecule has 2 heterocycles. The van der Waals surface area contributed by atoms with Crippen molar-refractivity contribution in [1.29, 1.82) is 0 Å². The Labute approximate surface area is 103 Å². The molecule has 0 saturated carbocycles. The molecule has 2 aromatic heterocycles. The molecule has 0 spiro atoms. The molecule has 0 radical (unpaired) electrons. The largest absolute Gasteiger partial charge is 0.305 e. The van der Waals surface area contributed by atoms with Gasteiger partial charge in [-0.25, -0.2) is 9.97 Å². The number of fused-ring (bicyclic) bond motifs is 1. The topological polar surface area (TPSA) is 58.6 Å². The molecule has 0 aromatic carbocycles. The van der Waals surface area contributed by atoms with Crippen molar-refractivity contribution in [1.82, 2.24) is 15.0 Å². The van der Waals surface area contributed by atoms with Crippen molar-refractivity contribution >= 4 is 11.3 Å².